The van der Waals surface area contributed by atoms with E-state index in [1.54, 1.807) is 14.0 Å². The number of halogens is 3. The normalized spacial score (nSPS) is 21.0. The van der Waals surface area contributed by atoms with Crippen molar-refractivity contribution in [2.24, 2.45) is 18.4 Å². The molecule has 1 aliphatic heterocycles. The summed E-state index contributed by atoms with van der Waals surface area (Å²) in [6, 6.07) is 12.9. The van der Waals surface area contributed by atoms with Gasteiger partial charge in [-0.25, -0.2) is 35.5 Å². The molecule has 3 atom stereocenters. The third-order valence-corrected chi connectivity index (χ3v) is 13.8. The van der Waals surface area contributed by atoms with E-state index in [2.05, 4.69) is 4.98 Å². The molecular formula is C39H43F3N4O5S2. The van der Waals surface area contributed by atoms with Gasteiger partial charge in [-0.3, -0.25) is 4.79 Å². The van der Waals surface area contributed by atoms with Crippen molar-refractivity contribution in [1.29, 1.82) is 0 Å². The van der Waals surface area contributed by atoms with Crippen LogP contribution in [0.5, 0.6) is 0 Å². The molecule has 0 saturated carbocycles. The maximum absolute atomic E-state index is 15.9. The number of aryl methyl sites for hydroxylation is 2. The molecule has 14 heteroatoms. The van der Waals surface area contributed by atoms with Crippen LogP contribution in [0.2, 0.25) is 0 Å². The summed E-state index contributed by atoms with van der Waals surface area (Å²) in [7, 11) is -3.17. The Bertz CT molecular complexity index is 2350. The van der Waals surface area contributed by atoms with Crippen molar-refractivity contribution in [3.8, 4) is 11.4 Å². The van der Waals surface area contributed by atoms with E-state index in [4.69, 9.17) is 14.8 Å². The van der Waals surface area contributed by atoms with Gasteiger partial charge < -0.3 is 9.72 Å². The molecule has 3 heterocycles. The number of benzene rings is 3. The number of aromatic nitrogens is 4. The molecule has 5 aromatic rings. The van der Waals surface area contributed by atoms with Crippen LogP contribution >= 0.6 is 0 Å². The van der Waals surface area contributed by atoms with Crippen LogP contribution in [0.15, 0.2) is 64.5 Å². The summed E-state index contributed by atoms with van der Waals surface area (Å²) in [5.41, 5.74) is 0.127. The van der Waals surface area contributed by atoms with Crippen molar-refractivity contribution < 1.29 is 35.3 Å². The number of esters is 1. The fourth-order valence-electron chi connectivity index (χ4n) is 7.45. The van der Waals surface area contributed by atoms with Crippen LogP contribution in [-0.2, 0) is 55.5 Å². The second kappa shape index (κ2) is 14.5. The summed E-state index contributed by atoms with van der Waals surface area (Å²) in [6.07, 6.45) is 3.23. The molecule has 6 rings (SSSR count). The van der Waals surface area contributed by atoms with E-state index in [1.165, 1.54) is 36.2 Å². The number of fused-ring (bicyclic) bond motifs is 8. The van der Waals surface area contributed by atoms with Crippen molar-refractivity contribution >= 4 is 37.5 Å². The number of carbonyl (C=O) groups excluding carboxylic acids is 1. The average Bonchev–Trinajstić information content (AvgIpc) is 3.75. The van der Waals surface area contributed by atoms with Crippen LogP contribution in [0.25, 0.3) is 22.3 Å². The third kappa shape index (κ3) is 7.57. The highest BCUT2D eigenvalue weighted by Crippen LogP contribution is 2.40. The number of carbonyl (C=O) groups is 1. The highest BCUT2D eigenvalue weighted by atomic mass is 32.2. The maximum Gasteiger partial charge on any atom is 0.308 e. The zero-order chi connectivity index (χ0) is 38.5. The Hall–Kier alpha value is -4.30. The fourth-order valence-corrected chi connectivity index (χ4v) is 10.8. The summed E-state index contributed by atoms with van der Waals surface area (Å²) in [5.74, 6) is -4.05. The summed E-state index contributed by atoms with van der Waals surface area (Å²) in [4.78, 5) is 19.2. The van der Waals surface area contributed by atoms with Crippen molar-refractivity contribution in [3.63, 3.8) is 0 Å². The Labute approximate surface area is 309 Å². The second-order valence-electron chi connectivity index (χ2n) is 15.0. The van der Waals surface area contributed by atoms with Crippen molar-refractivity contribution in [2.75, 3.05) is 18.6 Å². The topological polar surface area (TPSA) is 124 Å². The van der Waals surface area contributed by atoms with Crippen LogP contribution < -0.4 is 0 Å². The molecule has 53 heavy (non-hydrogen) atoms. The quantitative estimate of drug-likeness (QED) is 0.190. The van der Waals surface area contributed by atoms with Crippen molar-refractivity contribution in [1.82, 2.24) is 19.7 Å². The Morgan fingerprint density at radius 3 is 2.57 bits per heavy atom. The lowest BCUT2D eigenvalue weighted by Gasteiger charge is -2.31. The Morgan fingerprint density at radius 1 is 1.08 bits per heavy atom. The van der Waals surface area contributed by atoms with Gasteiger partial charge in [0.2, 0.25) is 0 Å². The minimum Gasteiger partial charge on any atom is -0.469 e. The molecule has 0 radical (unpaired) electrons. The second-order valence-corrected chi connectivity index (χ2v) is 18.6. The number of nitrogens with one attached hydrogen (secondary N) is 1. The van der Waals surface area contributed by atoms with E-state index in [9.17, 15) is 17.4 Å². The number of hydrogen-bond donors (Lipinski definition) is 1. The fraction of sp³-hybridized carbons (Fsp3) is 0.410. The predicted octanol–water partition coefficient (Wildman–Crippen LogP) is 7.37. The smallest absolute Gasteiger partial charge is 0.308 e. The number of methoxy groups -OCH3 is 1. The first kappa shape index (κ1) is 38.4. The number of rotatable bonds is 4. The van der Waals surface area contributed by atoms with Gasteiger partial charge in [-0.1, -0.05) is 51.5 Å². The SMILES string of the molecule is COC(=O)[C@@H](C)Cc1cccc([C@@]2(C)CCCC(C)(C)CS(=O)(=O)CCc3c(c(F)c(F)c4[nH]ccc34)S(=O)c3ccc(F)c(c3)-c3nc2nn3C)c1. The summed E-state index contributed by atoms with van der Waals surface area (Å²) in [6.45, 7) is 7.53. The Balaban J connectivity index is 1.53. The summed E-state index contributed by atoms with van der Waals surface area (Å²) < 4.78 is 95.0. The molecule has 3 aromatic carbocycles. The van der Waals surface area contributed by atoms with Crippen molar-refractivity contribution in [3.05, 3.63) is 94.7 Å². The molecule has 0 aliphatic carbocycles. The maximum atomic E-state index is 15.9. The molecule has 2 aromatic heterocycles. The first-order valence-electron chi connectivity index (χ1n) is 17.4. The molecule has 282 valence electrons. The number of H-pyrrole nitrogens is 1. The van der Waals surface area contributed by atoms with Crippen LogP contribution in [-0.4, -0.2) is 57.0 Å². The van der Waals surface area contributed by atoms with E-state index in [0.717, 1.165) is 17.2 Å². The van der Waals surface area contributed by atoms with E-state index in [0.29, 0.717) is 31.5 Å². The number of nitrogens with zero attached hydrogens (tertiary/aromatic N) is 3. The molecule has 0 fully saturated rings. The molecule has 0 saturated heterocycles. The van der Waals surface area contributed by atoms with Gasteiger partial charge in [0.15, 0.2) is 33.1 Å². The lowest BCUT2D eigenvalue weighted by Crippen LogP contribution is -2.29. The van der Waals surface area contributed by atoms with Gasteiger partial charge in [-0.05, 0) is 79.0 Å². The first-order chi connectivity index (χ1) is 24.9. The van der Waals surface area contributed by atoms with Gasteiger partial charge >= 0.3 is 5.97 Å². The highest BCUT2D eigenvalue weighted by Gasteiger charge is 2.37. The Kier molecular flexibility index (Phi) is 10.5. The van der Waals surface area contributed by atoms with Gasteiger partial charge in [0.1, 0.15) is 5.82 Å². The van der Waals surface area contributed by atoms with Gasteiger partial charge in [-0.2, -0.15) is 5.10 Å². The van der Waals surface area contributed by atoms with E-state index in [-0.39, 0.29) is 62.6 Å². The molecule has 9 nitrogen and oxygen atoms in total. The first-order valence-corrected chi connectivity index (χ1v) is 20.4. The molecular weight excluding hydrogens is 726 g/mol. The number of ether oxygens (including phenoxy) is 1. The zero-order valence-electron chi connectivity index (χ0n) is 30.6. The van der Waals surface area contributed by atoms with Gasteiger partial charge in [0.05, 0.1) is 56.7 Å². The lowest BCUT2D eigenvalue weighted by atomic mass is 9.75. The molecule has 0 amide bonds. The minimum atomic E-state index is -3.75. The molecule has 1 N–H and O–H groups in total. The average molecular weight is 769 g/mol. The van der Waals surface area contributed by atoms with Crippen LogP contribution in [0.4, 0.5) is 13.2 Å². The van der Waals surface area contributed by atoms with Crippen LogP contribution in [0, 0.1) is 28.8 Å². The van der Waals surface area contributed by atoms with Crippen LogP contribution in [0.1, 0.15) is 69.5 Å². The number of aromatic amines is 1. The third-order valence-electron chi connectivity index (χ3n) is 10.3. The Morgan fingerprint density at radius 2 is 1.83 bits per heavy atom. The molecule has 0 spiro atoms. The van der Waals surface area contributed by atoms with E-state index >= 15 is 13.2 Å². The van der Waals surface area contributed by atoms with Gasteiger partial charge in [0, 0.05) is 23.5 Å². The number of sulfone groups is 1. The summed E-state index contributed by atoms with van der Waals surface area (Å²) >= 11 is 0. The standard InChI is InChI=1S/C39H43F3N4O5S2/c1-23(36(47)51-6)19-24-9-7-10-25(20-24)39(4)16-8-15-38(2,3)22-53(49,50)18-14-28-27-13-17-43-33(27)31(41)32(42)34(28)52(48)26-11-12-30(40)29(21-26)35-44-37(39)45-46(35)5/h7,9-13,17,20-21,23,43H,8,14-16,18-19,22H2,1-6H3/t23-,39+,52?/m0/s1. The monoisotopic (exact) mass is 768 g/mol. The van der Waals surface area contributed by atoms with Crippen LogP contribution in [0.3, 0.4) is 0 Å². The lowest BCUT2D eigenvalue weighted by molar-refractivity contribution is -0.144. The van der Waals surface area contributed by atoms with Gasteiger partial charge in [0.25, 0.3) is 0 Å². The summed E-state index contributed by atoms with van der Waals surface area (Å²) in [5, 5.41) is 5.00. The van der Waals surface area contributed by atoms with Gasteiger partial charge in [-0.15, -0.1) is 0 Å². The van der Waals surface area contributed by atoms with E-state index < -0.39 is 53.8 Å². The molecule has 4 bridgehead atoms. The predicted molar refractivity (Wildman–Crippen MR) is 197 cm³/mol. The zero-order valence-corrected chi connectivity index (χ0v) is 32.2. The highest BCUT2D eigenvalue weighted by molar-refractivity contribution is 7.91. The molecule has 1 unspecified atom stereocenters. The number of hydrogen-bond acceptors (Lipinski definition) is 7. The molecule has 1 aliphatic rings. The van der Waals surface area contributed by atoms with E-state index in [1.807, 2.05) is 45.0 Å². The minimum absolute atomic E-state index is 0.0271. The van der Waals surface area contributed by atoms with Crippen molar-refractivity contribution in [2.45, 2.75) is 75.0 Å². The largest absolute Gasteiger partial charge is 0.469 e.